The summed E-state index contributed by atoms with van der Waals surface area (Å²) in [6, 6.07) is 3.73. The van der Waals surface area contributed by atoms with Gasteiger partial charge in [-0.3, -0.25) is 0 Å². The van der Waals surface area contributed by atoms with E-state index in [1.807, 2.05) is 26.8 Å². The lowest BCUT2D eigenvalue weighted by molar-refractivity contribution is 0.123. The zero-order valence-electron chi connectivity index (χ0n) is 10.6. The summed E-state index contributed by atoms with van der Waals surface area (Å²) >= 11 is 0. The molecule has 0 amide bonds. The number of aliphatic hydroxyl groups excluding tert-OH is 1. The minimum Gasteiger partial charge on any atom is -0.472 e. The normalized spacial score (nSPS) is 11.6. The van der Waals surface area contributed by atoms with Gasteiger partial charge < -0.3 is 9.84 Å². The Morgan fingerprint density at radius 3 is 2.50 bits per heavy atom. The van der Waals surface area contributed by atoms with Crippen molar-refractivity contribution < 1.29 is 9.84 Å². The lowest BCUT2D eigenvalue weighted by atomic mass is 10.1. The largest absolute Gasteiger partial charge is 0.472 e. The molecule has 3 nitrogen and oxygen atoms in total. The summed E-state index contributed by atoms with van der Waals surface area (Å²) in [5.74, 6) is 0.600. The molecule has 0 atom stereocenters. The molecule has 0 spiro atoms. The zero-order chi connectivity index (χ0) is 12.2. The van der Waals surface area contributed by atoms with Crippen LogP contribution in [0.2, 0.25) is 0 Å². The molecule has 0 aliphatic carbocycles. The number of pyridine rings is 1. The fourth-order valence-corrected chi connectivity index (χ4v) is 1.46. The topological polar surface area (TPSA) is 42.4 Å². The van der Waals surface area contributed by atoms with E-state index in [1.54, 1.807) is 6.07 Å². The fourth-order valence-electron chi connectivity index (χ4n) is 1.46. The molecule has 0 saturated carbocycles. The molecule has 1 aromatic heterocycles. The van der Waals surface area contributed by atoms with E-state index >= 15 is 0 Å². The van der Waals surface area contributed by atoms with Gasteiger partial charge in [0, 0.05) is 11.8 Å². The molecule has 90 valence electrons. The van der Waals surface area contributed by atoms with Gasteiger partial charge in [-0.05, 0) is 38.8 Å². The van der Waals surface area contributed by atoms with Crippen LogP contribution in [0.4, 0.5) is 0 Å². The van der Waals surface area contributed by atoms with Gasteiger partial charge in [-0.1, -0.05) is 13.3 Å². The Morgan fingerprint density at radius 2 is 2.00 bits per heavy atom. The van der Waals surface area contributed by atoms with E-state index in [9.17, 15) is 0 Å². The number of aliphatic hydroxyl groups is 1. The third-order valence-electron chi connectivity index (χ3n) is 2.01. The summed E-state index contributed by atoms with van der Waals surface area (Å²) in [6.07, 6.45) is 1.95. The van der Waals surface area contributed by atoms with Gasteiger partial charge in [0.05, 0.1) is 6.61 Å². The molecule has 1 aromatic rings. The Bertz CT molecular complexity index is 342. The van der Waals surface area contributed by atoms with Crippen LogP contribution >= 0.6 is 0 Å². The van der Waals surface area contributed by atoms with Crippen molar-refractivity contribution >= 4 is 0 Å². The maximum absolute atomic E-state index is 9.17. The van der Waals surface area contributed by atoms with Crippen molar-refractivity contribution in [2.75, 3.05) is 0 Å². The van der Waals surface area contributed by atoms with Crippen LogP contribution in [0.1, 0.15) is 45.4 Å². The minimum atomic E-state index is -0.259. The maximum atomic E-state index is 9.17. The van der Waals surface area contributed by atoms with Gasteiger partial charge in [-0.25, -0.2) is 4.98 Å². The summed E-state index contributed by atoms with van der Waals surface area (Å²) in [4.78, 5) is 4.42. The van der Waals surface area contributed by atoms with Gasteiger partial charge in [0.2, 0.25) is 5.88 Å². The molecular formula is C13H21NO2. The van der Waals surface area contributed by atoms with Crippen molar-refractivity contribution in [3.8, 4) is 5.88 Å². The highest BCUT2D eigenvalue weighted by molar-refractivity contribution is 5.25. The molecule has 0 unspecified atom stereocenters. The van der Waals surface area contributed by atoms with E-state index in [-0.39, 0.29) is 12.2 Å². The first-order chi connectivity index (χ1) is 7.44. The molecule has 0 saturated heterocycles. The average Bonchev–Trinajstić information content (AvgIpc) is 2.15. The van der Waals surface area contributed by atoms with Crippen LogP contribution in [0.3, 0.4) is 0 Å². The first-order valence-electron chi connectivity index (χ1n) is 5.74. The average molecular weight is 223 g/mol. The third kappa shape index (κ3) is 4.19. The smallest absolute Gasteiger partial charge is 0.214 e. The molecule has 0 fully saturated rings. The lowest BCUT2D eigenvalue weighted by Crippen LogP contribution is -2.23. The van der Waals surface area contributed by atoms with Crippen molar-refractivity contribution in [3.05, 3.63) is 23.4 Å². The Hall–Kier alpha value is -1.09. The number of aryl methyl sites for hydroxylation is 1. The second-order valence-corrected chi connectivity index (χ2v) is 4.93. The first-order valence-corrected chi connectivity index (χ1v) is 5.74. The lowest BCUT2D eigenvalue weighted by Gasteiger charge is -2.21. The van der Waals surface area contributed by atoms with E-state index in [0.29, 0.717) is 5.88 Å². The quantitative estimate of drug-likeness (QED) is 0.853. The number of aromatic nitrogens is 1. The summed E-state index contributed by atoms with van der Waals surface area (Å²) in [7, 11) is 0. The van der Waals surface area contributed by atoms with Crippen LogP contribution in [-0.2, 0) is 13.0 Å². The van der Waals surface area contributed by atoms with Crippen molar-refractivity contribution in [2.45, 2.75) is 52.7 Å². The summed E-state index contributed by atoms with van der Waals surface area (Å²) in [5, 5.41) is 9.17. The highest BCUT2D eigenvalue weighted by Crippen LogP contribution is 2.19. The van der Waals surface area contributed by atoms with E-state index in [1.165, 1.54) is 0 Å². The number of hydrogen-bond donors (Lipinski definition) is 1. The standard InChI is InChI=1S/C13H21NO2/c1-5-6-11-7-10(9-15)8-12(14-11)16-13(2,3)4/h7-8,15H,5-6,9H2,1-4H3. The predicted octanol–water partition coefficient (Wildman–Crippen LogP) is 2.70. The van der Waals surface area contributed by atoms with Crippen LogP contribution in [0, 0.1) is 0 Å². The van der Waals surface area contributed by atoms with Gasteiger partial charge in [0.15, 0.2) is 0 Å². The molecule has 0 aliphatic rings. The highest BCUT2D eigenvalue weighted by Gasteiger charge is 2.13. The van der Waals surface area contributed by atoms with E-state index in [2.05, 4.69) is 11.9 Å². The predicted molar refractivity (Wildman–Crippen MR) is 64.5 cm³/mol. The molecular weight excluding hydrogens is 202 g/mol. The second-order valence-electron chi connectivity index (χ2n) is 4.93. The van der Waals surface area contributed by atoms with Crippen LogP contribution < -0.4 is 4.74 Å². The van der Waals surface area contributed by atoms with Gasteiger partial charge in [-0.2, -0.15) is 0 Å². The maximum Gasteiger partial charge on any atom is 0.214 e. The molecule has 1 N–H and O–H groups in total. The van der Waals surface area contributed by atoms with E-state index in [4.69, 9.17) is 9.84 Å². The highest BCUT2D eigenvalue weighted by atomic mass is 16.5. The summed E-state index contributed by atoms with van der Waals surface area (Å²) < 4.78 is 5.71. The molecule has 0 bridgehead atoms. The van der Waals surface area contributed by atoms with Crippen molar-refractivity contribution in [1.29, 1.82) is 0 Å². The van der Waals surface area contributed by atoms with E-state index < -0.39 is 0 Å². The molecule has 0 radical (unpaired) electrons. The molecule has 16 heavy (non-hydrogen) atoms. The molecule has 0 aromatic carbocycles. The van der Waals surface area contributed by atoms with Crippen molar-refractivity contribution in [3.63, 3.8) is 0 Å². The second kappa shape index (κ2) is 5.30. The number of rotatable bonds is 4. The first kappa shape index (κ1) is 13.0. The molecule has 1 heterocycles. The van der Waals surface area contributed by atoms with Crippen molar-refractivity contribution in [2.24, 2.45) is 0 Å². The summed E-state index contributed by atoms with van der Waals surface area (Å²) in [5.41, 5.74) is 1.58. The third-order valence-corrected chi connectivity index (χ3v) is 2.01. The zero-order valence-corrected chi connectivity index (χ0v) is 10.6. The van der Waals surface area contributed by atoms with Crippen molar-refractivity contribution in [1.82, 2.24) is 4.98 Å². The van der Waals surface area contributed by atoms with Crippen LogP contribution in [-0.4, -0.2) is 15.7 Å². The minimum absolute atomic E-state index is 0.0275. The Balaban J connectivity index is 2.95. The number of ether oxygens (including phenoxy) is 1. The molecule has 1 rings (SSSR count). The van der Waals surface area contributed by atoms with Crippen LogP contribution in [0.25, 0.3) is 0 Å². The molecule has 3 heteroatoms. The van der Waals surface area contributed by atoms with Gasteiger partial charge in [0.25, 0.3) is 0 Å². The van der Waals surface area contributed by atoms with Crippen LogP contribution in [0.15, 0.2) is 12.1 Å². The van der Waals surface area contributed by atoms with Gasteiger partial charge in [0.1, 0.15) is 5.60 Å². The Kier molecular flexibility index (Phi) is 4.30. The Morgan fingerprint density at radius 1 is 1.31 bits per heavy atom. The number of hydrogen-bond acceptors (Lipinski definition) is 3. The Labute approximate surface area is 97.5 Å². The fraction of sp³-hybridized carbons (Fsp3) is 0.615. The summed E-state index contributed by atoms with van der Waals surface area (Å²) in [6.45, 7) is 8.09. The van der Waals surface area contributed by atoms with Gasteiger partial charge in [-0.15, -0.1) is 0 Å². The monoisotopic (exact) mass is 223 g/mol. The van der Waals surface area contributed by atoms with E-state index in [0.717, 1.165) is 24.1 Å². The van der Waals surface area contributed by atoms with Gasteiger partial charge >= 0.3 is 0 Å². The number of nitrogens with zero attached hydrogens (tertiary/aromatic N) is 1. The van der Waals surface area contributed by atoms with Crippen LogP contribution in [0.5, 0.6) is 5.88 Å². The molecule has 0 aliphatic heterocycles. The SMILES string of the molecule is CCCc1cc(CO)cc(OC(C)(C)C)n1.